The van der Waals surface area contributed by atoms with Crippen molar-refractivity contribution in [1.82, 2.24) is 9.88 Å². The number of rotatable bonds is 11. The number of amides is 1. The van der Waals surface area contributed by atoms with E-state index in [0.29, 0.717) is 12.2 Å². The van der Waals surface area contributed by atoms with Crippen LogP contribution in [0.2, 0.25) is 18.1 Å². The quantitative estimate of drug-likeness (QED) is 0.111. The second kappa shape index (κ2) is 12.2. The number of nitrogens with zero attached hydrogens (tertiary/aromatic N) is 4. The monoisotopic (exact) mass is 660 g/mol. The molecule has 11 nitrogen and oxygen atoms in total. The van der Waals surface area contributed by atoms with Gasteiger partial charge in [-0.2, -0.15) is 0 Å². The maximum Gasteiger partial charge on any atom is 0.356 e. The highest BCUT2D eigenvalue weighted by molar-refractivity contribution is 8.03. The molecule has 2 fully saturated rings. The van der Waals surface area contributed by atoms with Crippen molar-refractivity contribution in [3.63, 3.8) is 0 Å². The van der Waals surface area contributed by atoms with Gasteiger partial charge in [-0.25, -0.2) is 9.78 Å². The van der Waals surface area contributed by atoms with Gasteiger partial charge in [-0.15, -0.1) is 23.1 Å². The Bertz CT molecular complexity index is 1460. The molecule has 0 unspecified atom stereocenters. The first-order chi connectivity index (χ1) is 20.6. The molecule has 4 heterocycles. The molecular formula is C30H40N4O7S2Si. The molecule has 3 aliphatic heterocycles. The maximum atomic E-state index is 13.4. The number of aliphatic hydroxyl groups is 1. The second-order valence-electron chi connectivity index (χ2n) is 13.3. The average Bonchev–Trinajstić information content (AvgIpc) is 3.48. The van der Waals surface area contributed by atoms with E-state index in [9.17, 15) is 24.8 Å². The van der Waals surface area contributed by atoms with E-state index in [2.05, 4.69) is 44.1 Å². The van der Waals surface area contributed by atoms with Crippen molar-refractivity contribution >= 4 is 54.1 Å². The number of ether oxygens (including phenoxy) is 1. The standard InChI is InChI=1S/C30H40N4O7S2Si/c1-17-24-23(18(2)35)27(36)33(24)25(28(37)40-14-19-8-10-21(11-9-19)34(38)39)26(17)43-22-12-32(13-22)29-31-20(16-42-29)15-41-44(6,7)30(3,4)5/h8-11,16-18,22-24,35H,12-15H2,1-7H3/t17-,18-,23-,24-/m1/s1. The summed E-state index contributed by atoms with van der Waals surface area (Å²) in [5, 5.41) is 24.6. The Hall–Kier alpha value is -2.78. The topological polar surface area (TPSA) is 135 Å². The van der Waals surface area contributed by atoms with Crippen molar-refractivity contribution in [3.8, 4) is 0 Å². The molecule has 2 aromatic rings. The molecule has 4 atom stereocenters. The number of fused-ring (bicyclic) bond motifs is 1. The SMILES string of the molecule is C[C@@H](O)[C@H]1C(=O)N2C(C(=O)OCc3ccc([N+](=O)[O-])cc3)=C(SC3CN(c4nc(CO[Si](C)(C)C(C)(C)C)cs4)C3)[C@H](C)[C@H]12. The van der Waals surface area contributed by atoms with Crippen LogP contribution in [0.3, 0.4) is 0 Å². The van der Waals surface area contributed by atoms with Gasteiger partial charge in [0.15, 0.2) is 13.4 Å². The zero-order valence-corrected chi connectivity index (χ0v) is 28.7. The fraction of sp³-hybridized carbons (Fsp3) is 0.567. The summed E-state index contributed by atoms with van der Waals surface area (Å²) >= 11 is 3.20. The molecule has 44 heavy (non-hydrogen) atoms. The summed E-state index contributed by atoms with van der Waals surface area (Å²) in [6.07, 6.45) is -0.827. The van der Waals surface area contributed by atoms with Crippen molar-refractivity contribution in [3.05, 3.63) is 61.6 Å². The van der Waals surface area contributed by atoms with Crippen molar-refractivity contribution < 1.29 is 28.8 Å². The van der Waals surface area contributed by atoms with Crippen LogP contribution in [-0.4, -0.2) is 70.6 Å². The highest BCUT2D eigenvalue weighted by Gasteiger charge is 2.60. The predicted octanol–water partition coefficient (Wildman–Crippen LogP) is 5.31. The summed E-state index contributed by atoms with van der Waals surface area (Å²) < 4.78 is 12.0. The summed E-state index contributed by atoms with van der Waals surface area (Å²) in [5.41, 5.74) is 1.73. The van der Waals surface area contributed by atoms with Gasteiger partial charge in [0.05, 0.1) is 35.3 Å². The molecule has 1 N–H and O–H groups in total. The minimum atomic E-state index is -1.87. The first kappa shape index (κ1) is 32.6. The van der Waals surface area contributed by atoms with Crippen LogP contribution >= 0.6 is 23.1 Å². The number of thiazole rings is 1. The van der Waals surface area contributed by atoms with E-state index >= 15 is 0 Å². The Kier molecular flexibility index (Phi) is 9.04. The molecule has 3 aliphatic rings. The Balaban J connectivity index is 1.25. The molecule has 1 amide bonds. The average molecular weight is 661 g/mol. The molecule has 1 aromatic carbocycles. The van der Waals surface area contributed by atoms with Crippen molar-refractivity contribution in [2.75, 3.05) is 18.0 Å². The lowest BCUT2D eigenvalue weighted by molar-refractivity contribution is -0.384. The Morgan fingerprint density at radius 2 is 1.91 bits per heavy atom. The Labute approximate surface area is 266 Å². The van der Waals surface area contributed by atoms with Crippen LogP contribution < -0.4 is 4.90 Å². The van der Waals surface area contributed by atoms with Crippen LogP contribution in [0.5, 0.6) is 0 Å². The lowest BCUT2D eigenvalue weighted by Gasteiger charge is -2.46. The van der Waals surface area contributed by atoms with Crippen molar-refractivity contribution in [2.24, 2.45) is 11.8 Å². The van der Waals surface area contributed by atoms with Gasteiger partial charge in [0.2, 0.25) is 5.91 Å². The van der Waals surface area contributed by atoms with Crippen LogP contribution in [-0.2, 0) is 32.0 Å². The summed E-state index contributed by atoms with van der Waals surface area (Å²) in [6, 6.07) is 5.50. The van der Waals surface area contributed by atoms with Gasteiger partial charge in [-0.05, 0) is 42.8 Å². The molecule has 0 radical (unpaired) electrons. The first-order valence-electron chi connectivity index (χ1n) is 14.7. The normalized spacial score (nSPS) is 22.9. The van der Waals surface area contributed by atoms with Crippen LogP contribution in [0.25, 0.3) is 0 Å². The highest BCUT2D eigenvalue weighted by Crippen LogP contribution is 2.52. The number of hydrogen-bond acceptors (Lipinski definition) is 11. The number of β-lactam (4-membered cyclic amide) rings is 1. The number of thioether (sulfide) groups is 1. The molecule has 5 rings (SSSR count). The van der Waals surface area contributed by atoms with E-state index in [1.165, 1.54) is 17.0 Å². The third-order valence-electron chi connectivity index (χ3n) is 9.16. The molecule has 14 heteroatoms. The lowest BCUT2D eigenvalue weighted by atomic mass is 9.79. The minimum absolute atomic E-state index is 0.0488. The van der Waals surface area contributed by atoms with Crippen LogP contribution in [0.1, 0.15) is 45.9 Å². The van der Waals surface area contributed by atoms with Gasteiger partial charge in [0, 0.05) is 46.7 Å². The molecule has 1 aromatic heterocycles. The number of anilines is 1. The summed E-state index contributed by atoms with van der Waals surface area (Å²) in [5.74, 6) is -1.59. The van der Waals surface area contributed by atoms with E-state index in [1.807, 2.05) is 6.92 Å². The molecule has 0 saturated carbocycles. The van der Waals surface area contributed by atoms with E-state index in [0.717, 1.165) is 28.8 Å². The number of carbonyl (C=O) groups excluding carboxylic acids is 2. The zero-order chi connectivity index (χ0) is 32.1. The number of aromatic nitrogens is 1. The molecule has 0 spiro atoms. The molecule has 0 bridgehead atoms. The number of esters is 1. The number of hydrogen-bond donors (Lipinski definition) is 1. The van der Waals surface area contributed by atoms with Crippen molar-refractivity contribution in [1.29, 1.82) is 0 Å². The van der Waals surface area contributed by atoms with E-state index in [1.54, 1.807) is 42.2 Å². The predicted molar refractivity (Wildman–Crippen MR) is 173 cm³/mol. The first-order valence-corrected chi connectivity index (χ1v) is 19.4. The summed E-state index contributed by atoms with van der Waals surface area (Å²) in [7, 11) is -1.87. The number of non-ortho nitro benzene ring substituents is 1. The molecule has 2 saturated heterocycles. The largest absolute Gasteiger partial charge is 0.456 e. The number of nitro groups is 1. The fourth-order valence-corrected chi connectivity index (χ4v) is 8.71. The molecular weight excluding hydrogens is 621 g/mol. The maximum absolute atomic E-state index is 13.4. The number of nitro benzene ring substituents is 1. The summed E-state index contributed by atoms with van der Waals surface area (Å²) in [4.78, 5) is 46.3. The van der Waals surface area contributed by atoms with Crippen LogP contribution in [0, 0.1) is 22.0 Å². The smallest absolute Gasteiger partial charge is 0.356 e. The van der Waals surface area contributed by atoms with Gasteiger partial charge in [-0.3, -0.25) is 14.9 Å². The van der Waals surface area contributed by atoms with Crippen molar-refractivity contribution in [2.45, 2.75) is 83.4 Å². The number of aliphatic hydroxyl groups excluding tert-OH is 1. The van der Waals surface area contributed by atoms with E-state index in [-0.39, 0.29) is 46.1 Å². The Morgan fingerprint density at radius 1 is 1.25 bits per heavy atom. The van der Waals surface area contributed by atoms with Gasteiger partial charge in [0.1, 0.15) is 12.3 Å². The van der Waals surface area contributed by atoms with Crippen LogP contribution in [0.15, 0.2) is 40.2 Å². The van der Waals surface area contributed by atoms with Gasteiger partial charge < -0.3 is 24.1 Å². The third kappa shape index (κ3) is 6.19. The van der Waals surface area contributed by atoms with Gasteiger partial charge >= 0.3 is 5.97 Å². The summed E-state index contributed by atoms with van der Waals surface area (Å²) in [6.45, 7) is 16.6. The number of carbonyl (C=O) groups is 2. The Morgan fingerprint density at radius 3 is 2.50 bits per heavy atom. The second-order valence-corrected chi connectivity index (χ2v) is 20.3. The van der Waals surface area contributed by atoms with Gasteiger partial charge in [0.25, 0.3) is 5.69 Å². The lowest BCUT2D eigenvalue weighted by Crippen LogP contribution is -2.63. The number of benzene rings is 1. The molecule has 0 aliphatic carbocycles. The molecule has 238 valence electrons. The highest BCUT2D eigenvalue weighted by atomic mass is 32.2. The third-order valence-corrected chi connectivity index (χ3v) is 16.0. The zero-order valence-electron chi connectivity index (χ0n) is 26.1. The van der Waals surface area contributed by atoms with Gasteiger partial charge in [-0.1, -0.05) is 27.7 Å². The minimum Gasteiger partial charge on any atom is -0.456 e. The van der Waals surface area contributed by atoms with E-state index < -0.39 is 31.2 Å². The fourth-order valence-electron chi connectivity index (χ4n) is 5.43. The van der Waals surface area contributed by atoms with Crippen LogP contribution in [0.4, 0.5) is 10.8 Å². The van der Waals surface area contributed by atoms with E-state index in [4.69, 9.17) is 14.1 Å².